The van der Waals surface area contributed by atoms with Gasteiger partial charge in [-0.05, 0) is 31.9 Å². The summed E-state index contributed by atoms with van der Waals surface area (Å²) in [6.45, 7) is 4.86. The molecule has 1 heterocycles. The van der Waals surface area contributed by atoms with E-state index >= 15 is 0 Å². The van der Waals surface area contributed by atoms with Gasteiger partial charge < -0.3 is 15.0 Å². The van der Waals surface area contributed by atoms with Gasteiger partial charge in [0.25, 0.3) is 5.91 Å². The quantitative estimate of drug-likeness (QED) is 0.732. The van der Waals surface area contributed by atoms with Crippen LogP contribution in [-0.4, -0.2) is 49.0 Å². The van der Waals surface area contributed by atoms with E-state index in [1.54, 1.807) is 11.9 Å². The molecule has 0 spiro atoms. The molecule has 0 unspecified atom stereocenters. The molecule has 7 nitrogen and oxygen atoms in total. The zero-order chi connectivity index (χ0) is 17.7. The lowest BCUT2D eigenvalue weighted by Gasteiger charge is -2.18. The van der Waals surface area contributed by atoms with Gasteiger partial charge in [-0.25, -0.2) is 4.79 Å². The zero-order valence-electron chi connectivity index (χ0n) is 14.2. The average Bonchev–Trinajstić information content (AvgIpc) is 2.84. The fourth-order valence-electron chi connectivity index (χ4n) is 2.50. The number of rotatable bonds is 7. The normalized spacial score (nSPS) is 16.5. The van der Waals surface area contributed by atoms with Gasteiger partial charge in [0.1, 0.15) is 18.4 Å². The number of hydrogen-bond donors (Lipinski definition) is 2. The van der Waals surface area contributed by atoms with Crippen LogP contribution in [-0.2, 0) is 9.59 Å². The number of imide groups is 1. The van der Waals surface area contributed by atoms with Gasteiger partial charge in [0.05, 0.1) is 6.54 Å². The third kappa shape index (κ3) is 4.71. The summed E-state index contributed by atoms with van der Waals surface area (Å²) in [7, 11) is 1.70. The van der Waals surface area contributed by atoms with Gasteiger partial charge in [0.2, 0.25) is 5.91 Å². The van der Waals surface area contributed by atoms with Crippen LogP contribution in [0.15, 0.2) is 18.2 Å². The second-order valence-corrected chi connectivity index (χ2v) is 5.99. The van der Waals surface area contributed by atoms with Crippen LogP contribution in [0.3, 0.4) is 0 Å². The smallest absolute Gasteiger partial charge is 0.322 e. The molecule has 2 N–H and O–H groups in total. The first kappa shape index (κ1) is 17.8. The summed E-state index contributed by atoms with van der Waals surface area (Å²) >= 11 is 0. The number of nitrogens with zero attached hydrogens (tertiary/aromatic N) is 1. The molecule has 0 bridgehead atoms. The van der Waals surface area contributed by atoms with Gasteiger partial charge in [-0.1, -0.05) is 17.7 Å². The maximum absolute atomic E-state index is 12.1. The van der Waals surface area contributed by atoms with Crippen LogP contribution in [0.25, 0.3) is 0 Å². The summed E-state index contributed by atoms with van der Waals surface area (Å²) in [5, 5.41) is 4.63. The van der Waals surface area contributed by atoms with E-state index in [2.05, 4.69) is 10.6 Å². The van der Waals surface area contributed by atoms with Crippen molar-refractivity contribution in [3.05, 3.63) is 29.3 Å². The number of carbonyl (C=O) groups is 3. The van der Waals surface area contributed by atoms with Gasteiger partial charge >= 0.3 is 6.03 Å². The highest BCUT2D eigenvalue weighted by atomic mass is 16.5. The van der Waals surface area contributed by atoms with E-state index in [0.29, 0.717) is 19.6 Å². The number of aryl methyl sites for hydroxylation is 2. The summed E-state index contributed by atoms with van der Waals surface area (Å²) in [6, 6.07) is 4.82. The van der Waals surface area contributed by atoms with Crippen molar-refractivity contribution >= 4 is 17.8 Å². The number of benzene rings is 1. The van der Waals surface area contributed by atoms with Gasteiger partial charge in [0, 0.05) is 13.5 Å². The SMILES string of the molecule is Cc1ccc(OCCN(C)C(=O)CC[C@@H]2NC(=O)NC2=O)c(C)c1. The third-order valence-electron chi connectivity index (χ3n) is 3.95. The maximum atomic E-state index is 12.1. The number of hydrogen-bond acceptors (Lipinski definition) is 4. The predicted molar refractivity (Wildman–Crippen MR) is 88.7 cm³/mol. The molecule has 1 aliphatic heterocycles. The van der Waals surface area contributed by atoms with Crippen molar-refractivity contribution < 1.29 is 19.1 Å². The Labute approximate surface area is 141 Å². The van der Waals surface area contributed by atoms with Crippen LogP contribution in [0.5, 0.6) is 5.75 Å². The second kappa shape index (κ2) is 7.81. The minimum Gasteiger partial charge on any atom is -0.491 e. The van der Waals surface area contributed by atoms with E-state index in [4.69, 9.17) is 4.74 Å². The van der Waals surface area contributed by atoms with Crippen molar-refractivity contribution in [2.24, 2.45) is 0 Å². The number of urea groups is 1. The average molecular weight is 333 g/mol. The number of amides is 4. The molecule has 0 aromatic heterocycles. The van der Waals surface area contributed by atoms with E-state index in [9.17, 15) is 14.4 Å². The summed E-state index contributed by atoms with van der Waals surface area (Å²) in [4.78, 5) is 36.1. The van der Waals surface area contributed by atoms with Gasteiger partial charge in [-0.3, -0.25) is 14.9 Å². The Bertz CT molecular complexity index is 645. The topological polar surface area (TPSA) is 87.7 Å². The summed E-state index contributed by atoms with van der Waals surface area (Å²) in [6.07, 6.45) is 0.483. The largest absolute Gasteiger partial charge is 0.491 e. The molecule has 24 heavy (non-hydrogen) atoms. The van der Waals surface area contributed by atoms with Crippen LogP contribution in [0.2, 0.25) is 0 Å². The van der Waals surface area contributed by atoms with Crippen molar-refractivity contribution in [3.8, 4) is 5.75 Å². The molecule has 0 radical (unpaired) electrons. The van der Waals surface area contributed by atoms with Crippen LogP contribution < -0.4 is 15.4 Å². The van der Waals surface area contributed by atoms with Crippen molar-refractivity contribution in [2.45, 2.75) is 32.7 Å². The molecule has 0 saturated carbocycles. The summed E-state index contributed by atoms with van der Waals surface area (Å²) in [5.41, 5.74) is 2.24. The van der Waals surface area contributed by atoms with Crippen molar-refractivity contribution in [3.63, 3.8) is 0 Å². The molecule has 1 saturated heterocycles. The first-order valence-electron chi connectivity index (χ1n) is 7.92. The van der Waals surface area contributed by atoms with Crippen LogP contribution in [0.4, 0.5) is 4.79 Å². The maximum Gasteiger partial charge on any atom is 0.322 e. The standard InChI is InChI=1S/C17H23N3O4/c1-11-4-6-14(12(2)10-11)24-9-8-20(3)15(21)7-5-13-16(22)19-17(23)18-13/h4,6,10,13H,5,7-9H2,1-3H3,(H2,18,19,22,23)/t13-/m0/s1. The Morgan fingerprint density at radius 1 is 1.29 bits per heavy atom. The molecule has 1 aromatic carbocycles. The first-order valence-corrected chi connectivity index (χ1v) is 7.92. The number of ether oxygens (including phenoxy) is 1. The monoisotopic (exact) mass is 333 g/mol. The third-order valence-corrected chi connectivity index (χ3v) is 3.95. The van der Waals surface area contributed by atoms with Crippen molar-refractivity contribution in [2.75, 3.05) is 20.2 Å². The molecule has 0 aliphatic carbocycles. The minimum atomic E-state index is -0.624. The number of nitrogens with one attached hydrogen (secondary N) is 2. The van der Waals surface area contributed by atoms with E-state index < -0.39 is 12.1 Å². The molecule has 1 fully saturated rings. The number of carbonyl (C=O) groups excluding carboxylic acids is 3. The Morgan fingerprint density at radius 3 is 2.67 bits per heavy atom. The van der Waals surface area contributed by atoms with Crippen LogP contribution >= 0.6 is 0 Å². The summed E-state index contributed by atoms with van der Waals surface area (Å²) < 4.78 is 5.71. The molecular formula is C17H23N3O4. The molecule has 1 aliphatic rings. The van der Waals surface area contributed by atoms with E-state index in [1.165, 1.54) is 5.56 Å². The minimum absolute atomic E-state index is 0.0897. The predicted octanol–water partition coefficient (Wildman–Crippen LogP) is 1.13. The van der Waals surface area contributed by atoms with E-state index in [-0.39, 0.29) is 18.2 Å². The van der Waals surface area contributed by atoms with E-state index in [0.717, 1.165) is 11.3 Å². The Balaban J connectivity index is 1.71. The van der Waals surface area contributed by atoms with Gasteiger partial charge in [0.15, 0.2) is 0 Å². The Hall–Kier alpha value is -2.57. The number of likely N-dealkylation sites (N-methyl/N-ethyl adjacent to an activating group) is 1. The Morgan fingerprint density at radius 2 is 2.04 bits per heavy atom. The molecule has 2 rings (SSSR count). The molecule has 4 amide bonds. The zero-order valence-corrected chi connectivity index (χ0v) is 14.2. The molecule has 7 heteroatoms. The van der Waals surface area contributed by atoms with E-state index in [1.807, 2.05) is 32.0 Å². The molecule has 130 valence electrons. The lowest BCUT2D eigenvalue weighted by atomic mass is 10.1. The fourth-order valence-corrected chi connectivity index (χ4v) is 2.50. The second-order valence-electron chi connectivity index (χ2n) is 5.99. The Kier molecular flexibility index (Phi) is 5.78. The van der Waals surface area contributed by atoms with Crippen LogP contribution in [0.1, 0.15) is 24.0 Å². The van der Waals surface area contributed by atoms with Gasteiger partial charge in [-0.2, -0.15) is 0 Å². The summed E-state index contributed by atoms with van der Waals surface area (Å²) in [5.74, 6) is 0.341. The van der Waals surface area contributed by atoms with Crippen LogP contribution in [0, 0.1) is 13.8 Å². The molecule has 1 aromatic rings. The molecule has 1 atom stereocenters. The first-order chi connectivity index (χ1) is 11.4. The van der Waals surface area contributed by atoms with Crippen molar-refractivity contribution in [1.29, 1.82) is 0 Å². The van der Waals surface area contributed by atoms with Gasteiger partial charge in [-0.15, -0.1) is 0 Å². The lowest BCUT2D eigenvalue weighted by molar-refractivity contribution is -0.130. The fraction of sp³-hybridized carbons (Fsp3) is 0.471. The van der Waals surface area contributed by atoms with Crippen molar-refractivity contribution in [1.82, 2.24) is 15.5 Å². The highest BCUT2D eigenvalue weighted by Crippen LogP contribution is 2.18. The highest BCUT2D eigenvalue weighted by molar-refractivity contribution is 6.04. The highest BCUT2D eigenvalue weighted by Gasteiger charge is 2.29. The lowest BCUT2D eigenvalue weighted by Crippen LogP contribution is -2.34. The molecular weight excluding hydrogens is 310 g/mol.